The molecule has 1 aliphatic heterocycles. The number of benzene rings is 1. The molecule has 6 heteroatoms. The second-order valence-corrected chi connectivity index (χ2v) is 7.19. The molecule has 4 nitrogen and oxygen atoms in total. The molecule has 0 saturated carbocycles. The highest BCUT2D eigenvalue weighted by Crippen LogP contribution is 2.18. The zero-order valence-electron chi connectivity index (χ0n) is 13.6. The average molecular weight is 347 g/mol. The van der Waals surface area contributed by atoms with Crippen molar-refractivity contribution >= 4 is 17.2 Å². The summed E-state index contributed by atoms with van der Waals surface area (Å²) in [6, 6.07) is 8.65. The number of primary amides is 1. The zero-order valence-corrected chi connectivity index (χ0v) is 14.4. The average Bonchev–Trinajstić information content (AvgIpc) is 2.92. The monoisotopic (exact) mass is 347 g/mol. The second kappa shape index (κ2) is 7.88. The van der Waals surface area contributed by atoms with Crippen LogP contribution in [0.4, 0.5) is 4.39 Å². The number of hydrogen-bond donors (Lipinski definition) is 1. The third kappa shape index (κ3) is 4.63. The quantitative estimate of drug-likeness (QED) is 0.905. The van der Waals surface area contributed by atoms with Crippen molar-refractivity contribution in [2.45, 2.75) is 19.5 Å². The largest absolute Gasteiger partial charge is 0.366 e. The molecule has 1 aromatic heterocycles. The van der Waals surface area contributed by atoms with Crippen LogP contribution in [0.15, 0.2) is 35.7 Å². The molecule has 3 rings (SSSR count). The molecule has 1 saturated heterocycles. The predicted octanol–water partition coefficient (Wildman–Crippen LogP) is 2.69. The van der Waals surface area contributed by atoms with E-state index in [9.17, 15) is 9.18 Å². The summed E-state index contributed by atoms with van der Waals surface area (Å²) in [4.78, 5) is 17.2. The Hall–Kier alpha value is -1.76. The van der Waals surface area contributed by atoms with Crippen LogP contribution in [-0.4, -0.2) is 41.9 Å². The fraction of sp³-hybridized carbons (Fsp3) is 0.389. The molecule has 24 heavy (non-hydrogen) atoms. The van der Waals surface area contributed by atoms with Crippen LogP contribution in [0.2, 0.25) is 0 Å². The Balaban J connectivity index is 1.52. The molecule has 128 valence electrons. The lowest BCUT2D eigenvalue weighted by molar-refractivity contribution is 0.100. The Bertz CT molecular complexity index is 686. The lowest BCUT2D eigenvalue weighted by Gasteiger charge is -2.21. The van der Waals surface area contributed by atoms with Crippen molar-refractivity contribution in [3.05, 3.63) is 57.5 Å². The minimum absolute atomic E-state index is 0.188. The number of carbonyl (C=O) groups excluding carboxylic acids is 1. The zero-order chi connectivity index (χ0) is 16.9. The van der Waals surface area contributed by atoms with Crippen molar-refractivity contribution < 1.29 is 9.18 Å². The van der Waals surface area contributed by atoms with E-state index in [4.69, 9.17) is 5.73 Å². The smallest absolute Gasteiger partial charge is 0.249 e. The van der Waals surface area contributed by atoms with E-state index >= 15 is 0 Å². The first-order chi connectivity index (χ1) is 11.6. The highest BCUT2D eigenvalue weighted by atomic mass is 32.1. The summed E-state index contributed by atoms with van der Waals surface area (Å²) in [5.74, 6) is -0.550. The summed E-state index contributed by atoms with van der Waals surface area (Å²) in [5, 5.41) is 1.83. The van der Waals surface area contributed by atoms with Gasteiger partial charge in [0.1, 0.15) is 5.82 Å². The molecule has 0 radical (unpaired) electrons. The van der Waals surface area contributed by atoms with Crippen molar-refractivity contribution in [3.8, 4) is 0 Å². The second-order valence-electron chi connectivity index (χ2n) is 6.20. The van der Waals surface area contributed by atoms with Crippen molar-refractivity contribution in [3.63, 3.8) is 0 Å². The van der Waals surface area contributed by atoms with Crippen LogP contribution in [0.3, 0.4) is 0 Å². The van der Waals surface area contributed by atoms with Gasteiger partial charge in [-0.25, -0.2) is 4.39 Å². The van der Waals surface area contributed by atoms with Gasteiger partial charge in [0.15, 0.2) is 0 Å². The highest BCUT2D eigenvalue weighted by molar-refractivity contribution is 7.10. The van der Waals surface area contributed by atoms with Crippen LogP contribution in [-0.2, 0) is 13.1 Å². The first kappa shape index (κ1) is 17.1. The van der Waals surface area contributed by atoms with Gasteiger partial charge in [0.25, 0.3) is 0 Å². The summed E-state index contributed by atoms with van der Waals surface area (Å²) in [7, 11) is 0. The number of amides is 1. The van der Waals surface area contributed by atoms with Crippen LogP contribution in [0.1, 0.15) is 27.2 Å². The standard InChI is InChI=1S/C18H22FN3OS/c19-16-4-2-14(3-5-16)11-21-6-1-7-22(9-8-21)12-17-10-15(13-24-17)18(20)23/h2-5,10,13H,1,6-9,11-12H2,(H2,20,23). The molecule has 0 unspecified atom stereocenters. The Labute approximate surface area is 145 Å². The van der Waals surface area contributed by atoms with Gasteiger partial charge in [-0.15, -0.1) is 11.3 Å². The van der Waals surface area contributed by atoms with Gasteiger partial charge in [-0.05, 0) is 43.3 Å². The van der Waals surface area contributed by atoms with Crippen LogP contribution < -0.4 is 5.73 Å². The maximum atomic E-state index is 13.0. The molecule has 2 N–H and O–H groups in total. The molecular formula is C18H22FN3OS. The van der Waals surface area contributed by atoms with Crippen LogP contribution >= 0.6 is 11.3 Å². The van der Waals surface area contributed by atoms with Crippen LogP contribution in [0.5, 0.6) is 0 Å². The van der Waals surface area contributed by atoms with E-state index in [1.807, 2.05) is 23.6 Å². The van der Waals surface area contributed by atoms with Gasteiger partial charge in [-0.1, -0.05) is 12.1 Å². The Morgan fingerprint density at radius 3 is 2.38 bits per heavy atom. The molecule has 0 bridgehead atoms. The van der Waals surface area contributed by atoms with Crippen LogP contribution in [0.25, 0.3) is 0 Å². The van der Waals surface area contributed by atoms with Gasteiger partial charge in [-0.2, -0.15) is 0 Å². The van der Waals surface area contributed by atoms with Gasteiger partial charge in [0, 0.05) is 36.4 Å². The molecule has 2 aromatic rings. The fourth-order valence-corrected chi connectivity index (χ4v) is 3.92. The summed E-state index contributed by atoms with van der Waals surface area (Å²) in [6.07, 6.45) is 1.11. The number of nitrogens with zero attached hydrogens (tertiary/aromatic N) is 2. The molecular weight excluding hydrogens is 325 g/mol. The number of thiophene rings is 1. The minimum atomic E-state index is -0.362. The Kier molecular flexibility index (Phi) is 5.60. The Morgan fingerprint density at radius 1 is 1.08 bits per heavy atom. The number of carbonyl (C=O) groups is 1. The minimum Gasteiger partial charge on any atom is -0.366 e. The fourth-order valence-electron chi connectivity index (χ4n) is 3.00. The van der Waals surface area contributed by atoms with Gasteiger partial charge in [0.05, 0.1) is 5.56 Å². The Morgan fingerprint density at radius 2 is 1.75 bits per heavy atom. The van der Waals surface area contributed by atoms with E-state index in [0.29, 0.717) is 5.56 Å². The predicted molar refractivity (Wildman–Crippen MR) is 94.4 cm³/mol. The molecule has 1 fully saturated rings. The first-order valence-electron chi connectivity index (χ1n) is 8.16. The van der Waals surface area contributed by atoms with Gasteiger partial charge < -0.3 is 5.73 Å². The first-order valence-corrected chi connectivity index (χ1v) is 9.04. The normalized spacial score (nSPS) is 16.9. The number of hydrogen-bond acceptors (Lipinski definition) is 4. The highest BCUT2D eigenvalue weighted by Gasteiger charge is 2.16. The number of rotatable bonds is 5. The van der Waals surface area contributed by atoms with Crippen LogP contribution in [0, 0.1) is 5.82 Å². The third-order valence-corrected chi connectivity index (χ3v) is 5.24. The summed E-state index contributed by atoms with van der Waals surface area (Å²) < 4.78 is 13.0. The topological polar surface area (TPSA) is 49.6 Å². The van der Waals surface area contributed by atoms with E-state index in [0.717, 1.165) is 51.3 Å². The van der Waals surface area contributed by atoms with Gasteiger partial charge in [-0.3, -0.25) is 14.6 Å². The third-order valence-electron chi connectivity index (χ3n) is 4.32. The molecule has 1 aliphatic rings. The molecule has 1 amide bonds. The van der Waals surface area contributed by atoms with E-state index in [-0.39, 0.29) is 11.7 Å². The van der Waals surface area contributed by atoms with Crippen molar-refractivity contribution in [2.75, 3.05) is 26.2 Å². The van der Waals surface area contributed by atoms with Crippen molar-refractivity contribution in [2.24, 2.45) is 5.73 Å². The van der Waals surface area contributed by atoms with Crippen molar-refractivity contribution in [1.29, 1.82) is 0 Å². The van der Waals surface area contributed by atoms with Gasteiger partial charge in [0.2, 0.25) is 5.91 Å². The lowest BCUT2D eigenvalue weighted by atomic mass is 10.2. The molecule has 0 spiro atoms. The van der Waals surface area contributed by atoms with E-state index < -0.39 is 0 Å². The maximum absolute atomic E-state index is 13.0. The molecule has 2 heterocycles. The van der Waals surface area contributed by atoms with E-state index in [2.05, 4.69) is 9.80 Å². The maximum Gasteiger partial charge on any atom is 0.249 e. The summed E-state index contributed by atoms with van der Waals surface area (Å²) in [5.41, 5.74) is 7.06. The molecule has 0 aliphatic carbocycles. The van der Waals surface area contributed by atoms with E-state index in [1.54, 1.807) is 11.3 Å². The van der Waals surface area contributed by atoms with E-state index in [1.165, 1.54) is 17.0 Å². The van der Waals surface area contributed by atoms with Crippen molar-refractivity contribution in [1.82, 2.24) is 9.80 Å². The molecule has 1 aromatic carbocycles. The lowest BCUT2D eigenvalue weighted by Crippen LogP contribution is -2.30. The van der Waals surface area contributed by atoms with Gasteiger partial charge >= 0.3 is 0 Å². The molecule has 0 atom stereocenters. The summed E-state index contributed by atoms with van der Waals surface area (Å²) >= 11 is 1.59. The summed E-state index contributed by atoms with van der Waals surface area (Å²) in [6.45, 7) is 5.80. The number of nitrogens with two attached hydrogens (primary N) is 1. The number of halogens is 1. The SMILES string of the molecule is NC(=O)c1csc(CN2CCCN(Cc3ccc(F)cc3)CC2)c1.